The number of halogens is 4. The molecule has 0 N–H and O–H groups in total. The molecule has 196 valence electrons. The Morgan fingerprint density at radius 3 is 2.57 bits per heavy atom. The zero-order valence-corrected chi connectivity index (χ0v) is 20.4. The second-order valence-electron chi connectivity index (χ2n) is 9.61. The van der Waals surface area contributed by atoms with E-state index in [2.05, 4.69) is 4.98 Å². The zero-order valence-electron chi connectivity index (χ0n) is 20.4. The largest absolute Gasteiger partial charge is 0.374 e. The second-order valence-corrected chi connectivity index (χ2v) is 9.61. The van der Waals surface area contributed by atoms with E-state index in [1.54, 1.807) is 16.7 Å². The van der Waals surface area contributed by atoms with E-state index in [4.69, 9.17) is 4.74 Å². The molecule has 5 rings (SSSR count). The molecule has 0 radical (unpaired) electrons. The molecule has 1 atom stereocenters. The fourth-order valence-electron chi connectivity index (χ4n) is 4.98. The number of amides is 2. The molecule has 2 amide bonds. The molecule has 0 spiro atoms. The quantitative estimate of drug-likeness (QED) is 0.477. The monoisotopic (exact) mass is 518 g/mol. The van der Waals surface area contributed by atoms with Crippen molar-refractivity contribution in [3.63, 3.8) is 0 Å². The number of hydrogen-bond donors (Lipinski definition) is 0. The van der Waals surface area contributed by atoms with Crippen LogP contribution in [0.2, 0.25) is 0 Å². The van der Waals surface area contributed by atoms with E-state index >= 15 is 8.78 Å². The first-order valence-corrected chi connectivity index (χ1v) is 12.1. The van der Waals surface area contributed by atoms with Gasteiger partial charge in [-0.3, -0.25) is 9.59 Å². The number of nitrogens with zero attached hydrogens (tertiary/aromatic N) is 4. The van der Waals surface area contributed by atoms with Gasteiger partial charge in [0.15, 0.2) is 0 Å². The molecule has 4 heterocycles. The number of imidazole rings is 1. The smallest absolute Gasteiger partial charge is 0.322 e. The number of pyridine rings is 1. The molecule has 2 saturated heterocycles. The van der Waals surface area contributed by atoms with Crippen LogP contribution in [-0.4, -0.2) is 64.4 Å². The summed E-state index contributed by atoms with van der Waals surface area (Å²) in [5.74, 6) is -6.75. The van der Waals surface area contributed by atoms with Gasteiger partial charge in [0.1, 0.15) is 17.3 Å². The SMILES string of the molecule is Cc1ccn2c(C[C@H]3CN(C(=O)C(C)(F)F)CCO3)c(-c3c(F)cc(N4CCCC4=O)cc3F)nc2c1. The molecule has 0 bridgehead atoms. The highest BCUT2D eigenvalue weighted by atomic mass is 19.3. The summed E-state index contributed by atoms with van der Waals surface area (Å²) in [5.41, 5.74) is 1.60. The van der Waals surface area contributed by atoms with Crippen LogP contribution >= 0.6 is 0 Å². The van der Waals surface area contributed by atoms with Gasteiger partial charge < -0.3 is 18.9 Å². The lowest BCUT2D eigenvalue weighted by Gasteiger charge is -2.34. The molecule has 2 aliphatic heterocycles. The van der Waals surface area contributed by atoms with Crippen LogP contribution in [0, 0.1) is 18.6 Å². The number of anilines is 1. The average molecular weight is 519 g/mol. The lowest BCUT2D eigenvalue weighted by atomic mass is 10.0. The number of benzene rings is 1. The number of aromatic nitrogens is 2. The first-order chi connectivity index (χ1) is 17.5. The fourth-order valence-corrected chi connectivity index (χ4v) is 4.98. The van der Waals surface area contributed by atoms with Crippen LogP contribution in [0.5, 0.6) is 0 Å². The van der Waals surface area contributed by atoms with Gasteiger partial charge in [-0.1, -0.05) is 0 Å². The summed E-state index contributed by atoms with van der Waals surface area (Å²) in [6, 6.07) is 5.82. The van der Waals surface area contributed by atoms with Crippen molar-refractivity contribution in [1.82, 2.24) is 14.3 Å². The van der Waals surface area contributed by atoms with Crippen LogP contribution in [0.25, 0.3) is 16.9 Å². The summed E-state index contributed by atoms with van der Waals surface area (Å²) < 4.78 is 65.6. The van der Waals surface area contributed by atoms with Gasteiger partial charge in [0.25, 0.3) is 5.91 Å². The van der Waals surface area contributed by atoms with E-state index in [9.17, 15) is 18.4 Å². The first-order valence-electron chi connectivity index (χ1n) is 12.1. The van der Waals surface area contributed by atoms with Crippen molar-refractivity contribution in [1.29, 1.82) is 0 Å². The summed E-state index contributed by atoms with van der Waals surface area (Å²) in [6.45, 7) is 2.78. The number of hydrogen-bond acceptors (Lipinski definition) is 4. The Bertz CT molecular complexity index is 1360. The highest BCUT2D eigenvalue weighted by Gasteiger charge is 2.39. The highest BCUT2D eigenvalue weighted by Crippen LogP contribution is 2.35. The lowest BCUT2D eigenvalue weighted by molar-refractivity contribution is -0.162. The Balaban J connectivity index is 1.54. The Hall–Kier alpha value is -3.47. The van der Waals surface area contributed by atoms with Crippen LogP contribution in [0.1, 0.15) is 31.0 Å². The Morgan fingerprint density at radius 1 is 1.19 bits per heavy atom. The Kier molecular flexibility index (Phi) is 6.43. The van der Waals surface area contributed by atoms with Crippen molar-refractivity contribution < 1.29 is 31.9 Å². The molecule has 0 saturated carbocycles. The van der Waals surface area contributed by atoms with E-state index in [1.807, 2.05) is 13.0 Å². The van der Waals surface area contributed by atoms with E-state index in [1.165, 1.54) is 4.90 Å². The number of alkyl halides is 2. The maximum absolute atomic E-state index is 15.4. The third-order valence-corrected chi connectivity index (χ3v) is 6.75. The standard InChI is InChI=1S/C26H26F4N4O3/c1-15-5-7-34-20(13-17-14-32(8-9-37-17)25(36)26(2,29)30)24(31-21(34)10-15)23-18(27)11-16(12-19(23)28)33-6-3-4-22(33)35/h5,7,10-12,17H,3-4,6,8-9,13-14H2,1-2H3/t17-/m0/s1. The number of morpholine rings is 1. The summed E-state index contributed by atoms with van der Waals surface area (Å²) >= 11 is 0. The summed E-state index contributed by atoms with van der Waals surface area (Å²) in [4.78, 5) is 31.1. The van der Waals surface area contributed by atoms with Crippen molar-refractivity contribution in [2.45, 2.75) is 45.1 Å². The van der Waals surface area contributed by atoms with E-state index in [-0.39, 0.29) is 49.0 Å². The topological polar surface area (TPSA) is 67.2 Å². The molecule has 37 heavy (non-hydrogen) atoms. The van der Waals surface area contributed by atoms with Gasteiger partial charge in [-0.15, -0.1) is 0 Å². The van der Waals surface area contributed by atoms with Crippen molar-refractivity contribution in [3.05, 3.63) is 53.4 Å². The van der Waals surface area contributed by atoms with Crippen molar-refractivity contribution in [3.8, 4) is 11.3 Å². The molecule has 1 aromatic carbocycles. The number of fused-ring (bicyclic) bond motifs is 1. The molecule has 3 aromatic rings. The van der Waals surface area contributed by atoms with Gasteiger partial charge in [-0.2, -0.15) is 8.78 Å². The van der Waals surface area contributed by atoms with E-state index < -0.39 is 29.6 Å². The number of carbonyl (C=O) groups excluding carboxylic acids is 2. The average Bonchev–Trinajstić information content (AvgIpc) is 3.41. The van der Waals surface area contributed by atoms with Crippen LogP contribution < -0.4 is 4.90 Å². The predicted octanol–water partition coefficient (Wildman–Crippen LogP) is 4.14. The van der Waals surface area contributed by atoms with Gasteiger partial charge in [-0.05, 0) is 43.2 Å². The molecule has 11 heteroatoms. The molecule has 7 nitrogen and oxygen atoms in total. The lowest BCUT2D eigenvalue weighted by Crippen LogP contribution is -2.51. The zero-order chi connectivity index (χ0) is 26.5. The minimum atomic E-state index is -3.52. The first kappa shape index (κ1) is 25.2. The second kappa shape index (κ2) is 9.44. The Morgan fingerprint density at radius 2 is 1.92 bits per heavy atom. The number of carbonyl (C=O) groups is 2. The molecular weight excluding hydrogens is 492 g/mol. The number of ether oxygens (including phenoxy) is 1. The third kappa shape index (κ3) is 4.79. The van der Waals surface area contributed by atoms with Gasteiger partial charge in [-0.25, -0.2) is 13.8 Å². The van der Waals surface area contributed by atoms with Crippen LogP contribution in [0.15, 0.2) is 30.5 Å². The molecule has 0 unspecified atom stereocenters. The van der Waals surface area contributed by atoms with Gasteiger partial charge in [0.2, 0.25) is 5.91 Å². The number of aryl methyl sites for hydroxylation is 1. The molecule has 2 aromatic heterocycles. The van der Waals surface area contributed by atoms with Gasteiger partial charge >= 0.3 is 5.92 Å². The molecule has 2 fully saturated rings. The summed E-state index contributed by atoms with van der Waals surface area (Å²) in [5, 5.41) is 0. The summed E-state index contributed by atoms with van der Waals surface area (Å²) in [7, 11) is 0. The normalized spacial score (nSPS) is 18.8. The van der Waals surface area contributed by atoms with Crippen LogP contribution in [-0.2, 0) is 20.7 Å². The van der Waals surface area contributed by atoms with E-state index in [0.717, 1.165) is 22.6 Å². The maximum atomic E-state index is 15.4. The van der Waals surface area contributed by atoms with Crippen LogP contribution in [0.3, 0.4) is 0 Å². The third-order valence-electron chi connectivity index (χ3n) is 6.75. The minimum Gasteiger partial charge on any atom is -0.374 e. The van der Waals surface area contributed by atoms with Gasteiger partial charge in [0, 0.05) is 51.3 Å². The molecule has 2 aliphatic rings. The minimum absolute atomic E-state index is 0.0257. The molecule has 0 aliphatic carbocycles. The van der Waals surface area contributed by atoms with Gasteiger partial charge in [0.05, 0.1) is 29.7 Å². The highest BCUT2D eigenvalue weighted by molar-refractivity contribution is 5.95. The predicted molar refractivity (Wildman–Crippen MR) is 128 cm³/mol. The molecular formula is C26H26F4N4O3. The van der Waals surface area contributed by atoms with Crippen molar-refractivity contribution >= 4 is 23.1 Å². The number of rotatable bonds is 5. The van der Waals surface area contributed by atoms with E-state index in [0.29, 0.717) is 37.7 Å². The Labute approximate surface area is 210 Å². The summed E-state index contributed by atoms with van der Waals surface area (Å²) in [6.07, 6.45) is 2.04. The fraction of sp³-hybridized carbons (Fsp3) is 0.423. The van der Waals surface area contributed by atoms with Crippen molar-refractivity contribution in [2.75, 3.05) is 31.1 Å². The van der Waals surface area contributed by atoms with Crippen molar-refractivity contribution in [2.24, 2.45) is 0 Å². The maximum Gasteiger partial charge on any atom is 0.322 e. The van der Waals surface area contributed by atoms with Crippen LogP contribution in [0.4, 0.5) is 23.2 Å².